The first-order valence-corrected chi connectivity index (χ1v) is 2.98. The Morgan fingerprint density at radius 1 is 1.67 bits per heavy atom. The van der Waals surface area contributed by atoms with Crippen LogP contribution in [-0.4, -0.2) is 12.0 Å². The molecule has 0 radical (unpaired) electrons. The van der Waals surface area contributed by atoms with Crippen LogP contribution in [0.4, 0.5) is 0 Å². The summed E-state index contributed by atoms with van der Waals surface area (Å²) in [6.45, 7) is 9.17. The van der Waals surface area contributed by atoms with Crippen LogP contribution in [0.2, 0.25) is 0 Å². The molecule has 0 rings (SSSR count). The quantitative estimate of drug-likeness (QED) is 0.410. The summed E-state index contributed by atoms with van der Waals surface area (Å²) in [5.41, 5.74) is 0. The zero-order chi connectivity index (χ0) is 7.28. The van der Waals surface area contributed by atoms with Crippen molar-refractivity contribution in [1.82, 2.24) is 0 Å². The Hall–Kier alpha value is -0.790. The van der Waals surface area contributed by atoms with E-state index in [0.717, 1.165) is 0 Å². The predicted octanol–water partition coefficient (Wildman–Crippen LogP) is 1.97. The van der Waals surface area contributed by atoms with Gasteiger partial charge in [-0.25, -0.2) is 4.99 Å². The van der Waals surface area contributed by atoms with Crippen molar-refractivity contribution >= 4 is 5.90 Å². The number of ether oxygens (including phenoxy) is 1. The van der Waals surface area contributed by atoms with Crippen molar-refractivity contribution in [3.63, 3.8) is 0 Å². The Bertz CT molecular complexity index is 116. The van der Waals surface area contributed by atoms with Gasteiger partial charge in [0.05, 0.1) is 6.10 Å². The van der Waals surface area contributed by atoms with E-state index in [9.17, 15) is 0 Å². The zero-order valence-electron chi connectivity index (χ0n) is 6.22. The van der Waals surface area contributed by atoms with Crippen molar-refractivity contribution in [2.24, 2.45) is 4.99 Å². The third-order valence-electron chi connectivity index (χ3n) is 0.679. The average Bonchev–Trinajstić information content (AvgIpc) is 1.63. The molecule has 2 heteroatoms. The number of hydrogen-bond acceptors (Lipinski definition) is 2. The van der Waals surface area contributed by atoms with Gasteiger partial charge in [0.2, 0.25) is 0 Å². The summed E-state index contributed by atoms with van der Waals surface area (Å²) in [6.07, 6.45) is 1.67. The lowest BCUT2D eigenvalue weighted by atomic mass is 10.5. The number of hydrogen-bond donors (Lipinski definition) is 0. The zero-order valence-corrected chi connectivity index (χ0v) is 6.22. The second-order valence-corrected chi connectivity index (χ2v) is 2.00. The van der Waals surface area contributed by atoms with Crippen LogP contribution in [0.3, 0.4) is 0 Å². The van der Waals surface area contributed by atoms with Crippen molar-refractivity contribution in [2.45, 2.75) is 26.9 Å². The van der Waals surface area contributed by atoms with Crippen LogP contribution >= 0.6 is 0 Å². The van der Waals surface area contributed by atoms with Crippen molar-refractivity contribution in [1.29, 1.82) is 0 Å². The van der Waals surface area contributed by atoms with E-state index in [0.29, 0.717) is 5.90 Å². The highest BCUT2D eigenvalue weighted by Crippen LogP contribution is 1.90. The third kappa shape index (κ3) is 5.07. The van der Waals surface area contributed by atoms with Crippen LogP contribution in [0.25, 0.3) is 0 Å². The summed E-state index contributed by atoms with van der Waals surface area (Å²) in [5.74, 6) is 0.667. The molecule has 0 N–H and O–H groups in total. The molecule has 0 saturated heterocycles. The standard InChI is InChI=1S/C7H13NO/c1-5-8-7(4)9-6(2)3/h5-6H,1H2,2-4H3. The van der Waals surface area contributed by atoms with E-state index >= 15 is 0 Å². The van der Waals surface area contributed by atoms with Crippen LogP contribution < -0.4 is 0 Å². The minimum Gasteiger partial charge on any atom is -0.478 e. The van der Waals surface area contributed by atoms with E-state index < -0.39 is 0 Å². The molecule has 0 aromatic heterocycles. The molecular formula is C7H13NO. The van der Waals surface area contributed by atoms with E-state index in [1.165, 1.54) is 6.20 Å². The first-order chi connectivity index (χ1) is 4.16. The molecule has 9 heavy (non-hydrogen) atoms. The average molecular weight is 127 g/mol. The molecule has 0 amide bonds. The SMILES string of the molecule is C=CN=C(C)OC(C)C. The first-order valence-electron chi connectivity index (χ1n) is 2.98. The molecule has 52 valence electrons. The Labute approximate surface area is 56.2 Å². The van der Waals surface area contributed by atoms with Gasteiger partial charge >= 0.3 is 0 Å². The van der Waals surface area contributed by atoms with E-state index in [1.807, 2.05) is 20.8 Å². The number of nitrogens with zero attached hydrogens (tertiary/aromatic N) is 1. The maximum atomic E-state index is 5.17. The molecule has 0 aromatic rings. The second-order valence-electron chi connectivity index (χ2n) is 2.00. The lowest BCUT2D eigenvalue weighted by Gasteiger charge is -2.06. The van der Waals surface area contributed by atoms with Crippen LogP contribution in [0, 0.1) is 0 Å². The highest BCUT2D eigenvalue weighted by Gasteiger charge is 1.92. The third-order valence-corrected chi connectivity index (χ3v) is 0.679. The van der Waals surface area contributed by atoms with Crippen molar-refractivity contribution in [2.75, 3.05) is 0 Å². The van der Waals surface area contributed by atoms with Crippen molar-refractivity contribution in [3.05, 3.63) is 12.8 Å². The Morgan fingerprint density at radius 2 is 2.22 bits per heavy atom. The second kappa shape index (κ2) is 4.13. The van der Waals surface area contributed by atoms with Crippen LogP contribution in [0.1, 0.15) is 20.8 Å². The molecule has 0 aliphatic carbocycles. The van der Waals surface area contributed by atoms with E-state index in [-0.39, 0.29) is 6.10 Å². The lowest BCUT2D eigenvalue weighted by Crippen LogP contribution is -2.07. The normalized spacial score (nSPS) is 11.8. The Balaban J connectivity index is 3.61. The molecular weight excluding hydrogens is 114 g/mol. The molecule has 0 spiro atoms. The fourth-order valence-corrected chi connectivity index (χ4v) is 0.500. The smallest absolute Gasteiger partial charge is 0.184 e. The van der Waals surface area contributed by atoms with Gasteiger partial charge in [-0.3, -0.25) is 0 Å². The summed E-state index contributed by atoms with van der Waals surface area (Å²) in [4.78, 5) is 3.82. The molecule has 0 aliphatic rings. The van der Waals surface area contributed by atoms with Gasteiger partial charge in [0.15, 0.2) is 5.90 Å². The highest BCUT2D eigenvalue weighted by molar-refractivity contribution is 5.73. The molecule has 0 saturated carbocycles. The number of rotatable bonds is 2. The molecule has 0 aromatic carbocycles. The number of aliphatic imine (C=N–C) groups is 1. The minimum absolute atomic E-state index is 0.202. The van der Waals surface area contributed by atoms with Crippen molar-refractivity contribution < 1.29 is 4.74 Å². The first kappa shape index (κ1) is 8.21. The maximum Gasteiger partial charge on any atom is 0.184 e. The molecule has 0 aliphatic heterocycles. The summed E-state index contributed by atoms with van der Waals surface area (Å²) in [7, 11) is 0. The van der Waals surface area contributed by atoms with E-state index in [2.05, 4.69) is 11.6 Å². The van der Waals surface area contributed by atoms with Gasteiger partial charge in [0.1, 0.15) is 0 Å². The summed E-state index contributed by atoms with van der Waals surface area (Å²) < 4.78 is 5.17. The molecule has 0 heterocycles. The van der Waals surface area contributed by atoms with Gasteiger partial charge in [0, 0.05) is 13.1 Å². The Morgan fingerprint density at radius 3 is 2.56 bits per heavy atom. The van der Waals surface area contributed by atoms with Gasteiger partial charge in [-0.1, -0.05) is 6.58 Å². The molecule has 0 unspecified atom stereocenters. The van der Waals surface area contributed by atoms with Crippen LogP contribution in [-0.2, 0) is 4.74 Å². The van der Waals surface area contributed by atoms with Gasteiger partial charge < -0.3 is 4.74 Å². The van der Waals surface area contributed by atoms with Crippen LogP contribution in [0.15, 0.2) is 17.8 Å². The molecule has 0 bridgehead atoms. The lowest BCUT2D eigenvalue weighted by molar-refractivity contribution is 0.226. The van der Waals surface area contributed by atoms with Gasteiger partial charge in [-0.15, -0.1) is 0 Å². The Kier molecular flexibility index (Phi) is 3.76. The van der Waals surface area contributed by atoms with Gasteiger partial charge in [-0.05, 0) is 13.8 Å². The fraction of sp³-hybridized carbons (Fsp3) is 0.571. The van der Waals surface area contributed by atoms with Crippen LogP contribution in [0.5, 0.6) is 0 Å². The molecule has 0 fully saturated rings. The van der Waals surface area contributed by atoms with E-state index in [4.69, 9.17) is 4.74 Å². The summed E-state index contributed by atoms with van der Waals surface area (Å²) in [5, 5.41) is 0. The molecule has 2 nitrogen and oxygen atoms in total. The van der Waals surface area contributed by atoms with E-state index in [1.54, 1.807) is 0 Å². The summed E-state index contributed by atoms with van der Waals surface area (Å²) >= 11 is 0. The monoisotopic (exact) mass is 127 g/mol. The largest absolute Gasteiger partial charge is 0.478 e. The summed E-state index contributed by atoms with van der Waals surface area (Å²) in [6, 6.07) is 0. The molecule has 0 atom stereocenters. The maximum absolute atomic E-state index is 5.17. The highest BCUT2D eigenvalue weighted by atomic mass is 16.5. The van der Waals surface area contributed by atoms with Gasteiger partial charge in [-0.2, -0.15) is 0 Å². The minimum atomic E-state index is 0.202. The fourth-order valence-electron chi connectivity index (χ4n) is 0.500. The van der Waals surface area contributed by atoms with Crippen molar-refractivity contribution in [3.8, 4) is 0 Å². The topological polar surface area (TPSA) is 21.6 Å². The predicted molar refractivity (Wildman–Crippen MR) is 39.5 cm³/mol. The van der Waals surface area contributed by atoms with Gasteiger partial charge in [0.25, 0.3) is 0 Å².